The van der Waals surface area contributed by atoms with Crippen LogP contribution in [0, 0.1) is 0 Å². The van der Waals surface area contributed by atoms with Crippen molar-refractivity contribution in [3.8, 4) is 22.5 Å². The van der Waals surface area contributed by atoms with E-state index in [0.29, 0.717) is 0 Å². The van der Waals surface area contributed by atoms with Gasteiger partial charge >= 0.3 is 0 Å². The molecule has 0 fully saturated rings. The fraction of sp³-hybridized carbons (Fsp3) is 0.345. The lowest BCUT2D eigenvalue weighted by Crippen LogP contribution is -2.16. The van der Waals surface area contributed by atoms with Gasteiger partial charge in [-0.05, 0) is 121 Å². The second kappa shape index (κ2) is 13.2. The van der Waals surface area contributed by atoms with Gasteiger partial charge in [-0.1, -0.05) is 158 Å². The molecule has 292 valence electrons. The summed E-state index contributed by atoms with van der Waals surface area (Å²) >= 11 is 0. The van der Waals surface area contributed by atoms with Crippen LogP contribution in [0.4, 0.5) is 0 Å². The second-order valence-corrected chi connectivity index (χ2v) is 21.0. The number of fused-ring (bicyclic) bond motifs is 6. The fourth-order valence-corrected chi connectivity index (χ4v) is 8.91. The highest BCUT2D eigenvalue weighted by atomic mass is 15.0. The van der Waals surface area contributed by atoms with E-state index >= 15 is 0 Å². The minimum atomic E-state index is 0.00838. The molecule has 0 unspecified atom stereocenters. The summed E-state index contributed by atoms with van der Waals surface area (Å²) in [6.07, 6.45) is 0. The standard InChI is InChI=1S/C55H62N2/c1-34(2)49-47(57-44-25-23-36(52(3,4)5)32-42(44)43-33-37(53(6,7)8)24-26-45(43)57)27-28-48-51(49)50-41(21-18-22-46(50)56(48)40-19-16-15-17-20-40)35-29-38(54(9,10)11)31-39(30-35)55(12,13)14/h15-34H,1-14H3. The van der Waals surface area contributed by atoms with Crippen molar-refractivity contribution in [1.29, 1.82) is 0 Å². The molecular weight excluding hydrogens is 689 g/mol. The maximum atomic E-state index is 2.57. The Morgan fingerprint density at radius 3 is 1.39 bits per heavy atom. The summed E-state index contributed by atoms with van der Waals surface area (Å²) in [6, 6.07) is 44.4. The highest BCUT2D eigenvalue weighted by Crippen LogP contribution is 2.47. The van der Waals surface area contributed by atoms with Gasteiger partial charge in [0.2, 0.25) is 0 Å². The summed E-state index contributed by atoms with van der Waals surface area (Å²) in [5.74, 6) is 0.243. The molecule has 0 N–H and O–H groups in total. The topological polar surface area (TPSA) is 9.86 Å². The van der Waals surface area contributed by atoms with E-state index in [-0.39, 0.29) is 27.6 Å². The third kappa shape index (κ3) is 6.60. The first-order chi connectivity index (χ1) is 26.6. The summed E-state index contributed by atoms with van der Waals surface area (Å²) in [7, 11) is 0. The molecular formula is C55H62N2. The monoisotopic (exact) mass is 750 g/mol. The average molecular weight is 751 g/mol. The van der Waals surface area contributed by atoms with Gasteiger partial charge < -0.3 is 9.13 Å². The molecule has 8 rings (SSSR count). The molecule has 8 aromatic rings. The van der Waals surface area contributed by atoms with Gasteiger partial charge in [-0.25, -0.2) is 0 Å². The van der Waals surface area contributed by atoms with E-state index in [1.165, 1.54) is 93.9 Å². The average Bonchev–Trinajstić information content (AvgIpc) is 3.65. The fourth-order valence-electron chi connectivity index (χ4n) is 8.91. The number of hydrogen-bond acceptors (Lipinski definition) is 0. The first-order valence-corrected chi connectivity index (χ1v) is 21.1. The molecule has 2 aromatic heterocycles. The summed E-state index contributed by atoms with van der Waals surface area (Å²) in [5, 5.41) is 5.29. The van der Waals surface area contributed by atoms with Crippen molar-refractivity contribution in [3.05, 3.63) is 143 Å². The van der Waals surface area contributed by atoms with Crippen LogP contribution in [-0.4, -0.2) is 9.13 Å². The molecule has 2 heteroatoms. The van der Waals surface area contributed by atoms with Crippen LogP contribution in [0.3, 0.4) is 0 Å². The van der Waals surface area contributed by atoms with Gasteiger partial charge in [-0.2, -0.15) is 0 Å². The molecule has 0 atom stereocenters. The lowest BCUT2D eigenvalue weighted by molar-refractivity contribution is 0.569. The zero-order valence-electron chi connectivity index (χ0n) is 36.9. The number of aromatic nitrogens is 2. The number of para-hydroxylation sites is 1. The van der Waals surface area contributed by atoms with E-state index in [9.17, 15) is 0 Å². The third-order valence-electron chi connectivity index (χ3n) is 12.3. The Bertz CT molecular complexity index is 2720. The molecule has 0 saturated carbocycles. The summed E-state index contributed by atoms with van der Waals surface area (Å²) in [5.41, 5.74) is 16.9. The van der Waals surface area contributed by atoms with Gasteiger partial charge in [0.15, 0.2) is 0 Å². The Morgan fingerprint density at radius 2 is 0.895 bits per heavy atom. The molecule has 0 saturated heterocycles. The van der Waals surface area contributed by atoms with Crippen LogP contribution in [0.5, 0.6) is 0 Å². The molecule has 2 heterocycles. The lowest BCUT2D eigenvalue weighted by atomic mass is 9.78. The number of rotatable bonds is 4. The molecule has 6 aromatic carbocycles. The van der Waals surface area contributed by atoms with Crippen molar-refractivity contribution >= 4 is 43.6 Å². The SMILES string of the molecule is CC(C)c1c(-n2c3ccc(C(C)(C)C)cc3c3cc(C(C)(C)C)ccc32)ccc2c1c1c(-c3cc(C(C)(C)C)cc(C(C)(C)C)c3)cccc1n2-c1ccccc1. The highest BCUT2D eigenvalue weighted by Gasteiger charge is 2.28. The normalized spacial score (nSPS) is 13.2. The van der Waals surface area contributed by atoms with Gasteiger partial charge in [0.05, 0.1) is 27.8 Å². The molecule has 0 radical (unpaired) electrons. The minimum Gasteiger partial charge on any atom is -0.309 e. The first kappa shape index (κ1) is 38.8. The highest BCUT2D eigenvalue weighted by molar-refractivity contribution is 6.18. The van der Waals surface area contributed by atoms with E-state index in [2.05, 4.69) is 221 Å². The van der Waals surface area contributed by atoms with E-state index in [1.807, 2.05) is 0 Å². The smallest absolute Gasteiger partial charge is 0.0547 e. The number of nitrogens with zero attached hydrogens (tertiary/aromatic N) is 2. The van der Waals surface area contributed by atoms with Crippen molar-refractivity contribution in [2.45, 2.75) is 125 Å². The Morgan fingerprint density at radius 1 is 0.404 bits per heavy atom. The largest absolute Gasteiger partial charge is 0.309 e. The Balaban J connectivity index is 1.56. The van der Waals surface area contributed by atoms with Gasteiger partial charge in [-0.3, -0.25) is 0 Å². The van der Waals surface area contributed by atoms with Crippen molar-refractivity contribution in [2.24, 2.45) is 0 Å². The van der Waals surface area contributed by atoms with E-state index < -0.39 is 0 Å². The summed E-state index contributed by atoms with van der Waals surface area (Å²) in [6.45, 7) is 32.7. The van der Waals surface area contributed by atoms with E-state index in [4.69, 9.17) is 0 Å². The third-order valence-corrected chi connectivity index (χ3v) is 12.3. The molecule has 0 aliphatic carbocycles. The predicted molar refractivity (Wildman–Crippen MR) is 249 cm³/mol. The van der Waals surface area contributed by atoms with Crippen molar-refractivity contribution in [2.75, 3.05) is 0 Å². The van der Waals surface area contributed by atoms with Gasteiger partial charge in [0.1, 0.15) is 0 Å². The lowest BCUT2D eigenvalue weighted by Gasteiger charge is -2.26. The van der Waals surface area contributed by atoms with Crippen LogP contribution >= 0.6 is 0 Å². The molecule has 57 heavy (non-hydrogen) atoms. The van der Waals surface area contributed by atoms with Crippen molar-refractivity contribution < 1.29 is 0 Å². The van der Waals surface area contributed by atoms with Crippen LogP contribution in [0.25, 0.3) is 66.1 Å². The van der Waals surface area contributed by atoms with E-state index in [1.54, 1.807) is 0 Å². The number of hydrogen-bond donors (Lipinski definition) is 0. The Hall–Kier alpha value is -5.08. The maximum Gasteiger partial charge on any atom is 0.0547 e. The summed E-state index contributed by atoms with van der Waals surface area (Å²) < 4.78 is 5.07. The van der Waals surface area contributed by atoms with Gasteiger partial charge in [0, 0.05) is 27.2 Å². The quantitative estimate of drug-likeness (QED) is 0.170. The molecule has 0 amide bonds. The zero-order chi connectivity index (χ0) is 41.0. The van der Waals surface area contributed by atoms with Crippen LogP contribution in [0.15, 0.2) is 115 Å². The Kier molecular flexibility index (Phi) is 9.00. The zero-order valence-corrected chi connectivity index (χ0v) is 36.9. The Labute approximate surface area is 341 Å². The first-order valence-electron chi connectivity index (χ1n) is 21.1. The molecule has 2 nitrogen and oxygen atoms in total. The van der Waals surface area contributed by atoms with Crippen LogP contribution < -0.4 is 0 Å². The van der Waals surface area contributed by atoms with Gasteiger partial charge in [-0.15, -0.1) is 0 Å². The molecule has 0 spiro atoms. The van der Waals surface area contributed by atoms with Crippen molar-refractivity contribution in [3.63, 3.8) is 0 Å². The molecule has 0 aliphatic heterocycles. The number of benzene rings is 6. The van der Waals surface area contributed by atoms with E-state index in [0.717, 1.165) is 0 Å². The summed E-state index contributed by atoms with van der Waals surface area (Å²) in [4.78, 5) is 0. The van der Waals surface area contributed by atoms with Crippen LogP contribution in [-0.2, 0) is 21.7 Å². The molecule has 0 aliphatic rings. The van der Waals surface area contributed by atoms with Crippen molar-refractivity contribution in [1.82, 2.24) is 9.13 Å². The molecule has 0 bridgehead atoms. The van der Waals surface area contributed by atoms with Gasteiger partial charge in [0.25, 0.3) is 0 Å². The minimum absolute atomic E-state index is 0.00838. The second-order valence-electron chi connectivity index (χ2n) is 21.0. The van der Waals surface area contributed by atoms with Crippen LogP contribution in [0.2, 0.25) is 0 Å². The van der Waals surface area contributed by atoms with Crippen LogP contribution in [0.1, 0.15) is 131 Å². The predicted octanol–water partition coefficient (Wildman–Crippen LogP) is 15.9. The maximum absolute atomic E-state index is 2.57.